The van der Waals surface area contributed by atoms with E-state index in [2.05, 4.69) is 13.8 Å². The molecule has 0 rings (SSSR count). The van der Waals surface area contributed by atoms with Gasteiger partial charge in [-0.1, -0.05) is 104 Å². The molecule has 0 heterocycles. The fourth-order valence-corrected chi connectivity index (χ4v) is 3.43. The molecule has 5 heteroatoms. The summed E-state index contributed by atoms with van der Waals surface area (Å²) in [6.07, 6.45) is 17.2. The minimum atomic E-state index is -1.25. The molecule has 2 N–H and O–H groups in total. The Hall–Kier alpha value is -0.0600. The molecule has 0 aromatic heterocycles. The normalized spacial score (nSPS) is 12.0. The van der Waals surface area contributed by atoms with Crippen LogP contribution in [-0.4, -0.2) is 22.2 Å². The zero-order valence-corrected chi connectivity index (χ0v) is 19.5. The summed E-state index contributed by atoms with van der Waals surface area (Å²) >= 11 is 0. The average Bonchev–Trinajstić information content (AvgIpc) is 2.57. The van der Waals surface area contributed by atoms with Gasteiger partial charge in [0.05, 0.1) is 0 Å². The van der Waals surface area contributed by atoms with Crippen molar-refractivity contribution >= 4 is 11.9 Å². The zero-order valence-electron chi connectivity index (χ0n) is 18.5. The predicted molar refractivity (Wildman–Crippen MR) is 104 cm³/mol. The minimum absolute atomic E-state index is 0. The molecular weight excluding hydrogens is 339 g/mol. The standard InChI is InChI=1S/C21H40O4.Na.H/c1-3-5-7-8-9-10-11-12-13-14-16-18(15-6-4-2)17-19(20(22)23)21(24)25;;/h18-19H,3-17H2,1-2H3,(H,22,23)(H,24,25);;/q;+1;-1. The van der Waals surface area contributed by atoms with Crippen molar-refractivity contribution in [1.29, 1.82) is 0 Å². The first kappa shape index (κ1) is 28.2. The number of carboxylic acids is 2. The van der Waals surface area contributed by atoms with E-state index in [4.69, 9.17) is 10.2 Å². The third-order valence-corrected chi connectivity index (χ3v) is 5.10. The van der Waals surface area contributed by atoms with Crippen molar-refractivity contribution in [2.75, 3.05) is 0 Å². The zero-order chi connectivity index (χ0) is 18.9. The van der Waals surface area contributed by atoms with Gasteiger partial charge in [0.25, 0.3) is 0 Å². The number of carbonyl (C=O) groups is 2. The van der Waals surface area contributed by atoms with E-state index in [1.165, 1.54) is 57.8 Å². The largest absolute Gasteiger partial charge is 1.00 e. The summed E-state index contributed by atoms with van der Waals surface area (Å²) in [4.78, 5) is 22.2. The number of rotatable bonds is 18. The molecule has 4 nitrogen and oxygen atoms in total. The van der Waals surface area contributed by atoms with E-state index >= 15 is 0 Å². The molecule has 0 aliphatic heterocycles. The second kappa shape index (κ2) is 19.7. The molecule has 0 bridgehead atoms. The van der Waals surface area contributed by atoms with E-state index in [1.54, 1.807) is 0 Å². The number of hydrogen-bond acceptors (Lipinski definition) is 2. The third-order valence-electron chi connectivity index (χ3n) is 5.10. The van der Waals surface area contributed by atoms with E-state index in [9.17, 15) is 9.59 Å². The first-order chi connectivity index (χ1) is 12.0. The van der Waals surface area contributed by atoms with Gasteiger partial charge in [-0.25, -0.2) is 0 Å². The summed E-state index contributed by atoms with van der Waals surface area (Å²) in [5.41, 5.74) is 0. The van der Waals surface area contributed by atoms with Gasteiger partial charge in [0.1, 0.15) is 0 Å². The van der Waals surface area contributed by atoms with Crippen molar-refractivity contribution < 1.29 is 50.8 Å². The summed E-state index contributed by atoms with van der Waals surface area (Å²) in [7, 11) is 0. The van der Waals surface area contributed by atoms with Crippen LogP contribution >= 0.6 is 0 Å². The van der Waals surface area contributed by atoms with Crippen molar-refractivity contribution in [2.24, 2.45) is 11.8 Å². The molecule has 0 saturated heterocycles. The molecule has 0 fully saturated rings. The Morgan fingerprint density at radius 1 is 0.692 bits per heavy atom. The molecule has 150 valence electrons. The Morgan fingerprint density at radius 3 is 1.50 bits per heavy atom. The van der Waals surface area contributed by atoms with Gasteiger partial charge in [0.15, 0.2) is 5.92 Å². The minimum Gasteiger partial charge on any atom is -1.00 e. The SMILES string of the molecule is CCCCCCCCCCCCC(CCCC)CC(C(=O)O)C(=O)O.[H-].[Na+]. The van der Waals surface area contributed by atoms with Crippen LogP contribution in [0.4, 0.5) is 0 Å². The van der Waals surface area contributed by atoms with E-state index in [0.717, 1.165) is 32.1 Å². The second-order valence-electron chi connectivity index (χ2n) is 7.44. The maximum atomic E-state index is 11.1. The van der Waals surface area contributed by atoms with Crippen LogP contribution in [0, 0.1) is 11.8 Å². The van der Waals surface area contributed by atoms with Crippen LogP contribution in [0.15, 0.2) is 0 Å². The molecule has 0 aromatic carbocycles. The van der Waals surface area contributed by atoms with Crippen molar-refractivity contribution in [2.45, 2.75) is 110 Å². The van der Waals surface area contributed by atoms with Crippen molar-refractivity contribution in [3.05, 3.63) is 0 Å². The Morgan fingerprint density at radius 2 is 1.08 bits per heavy atom. The molecule has 0 aliphatic rings. The average molecular weight is 381 g/mol. The van der Waals surface area contributed by atoms with Gasteiger partial charge in [0, 0.05) is 0 Å². The van der Waals surface area contributed by atoms with Crippen LogP contribution in [0.5, 0.6) is 0 Å². The topological polar surface area (TPSA) is 74.6 Å². The summed E-state index contributed by atoms with van der Waals surface area (Å²) in [5, 5.41) is 18.2. The van der Waals surface area contributed by atoms with Gasteiger partial charge in [0.2, 0.25) is 0 Å². The van der Waals surface area contributed by atoms with E-state index < -0.39 is 17.9 Å². The smallest absolute Gasteiger partial charge is 1.00 e. The van der Waals surface area contributed by atoms with Crippen LogP contribution in [0.2, 0.25) is 0 Å². The van der Waals surface area contributed by atoms with Crippen molar-refractivity contribution in [1.82, 2.24) is 0 Å². The molecule has 0 spiro atoms. The molecule has 0 aliphatic carbocycles. The summed E-state index contributed by atoms with van der Waals surface area (Å²) in [6.45, 7) is 4.35. The van der Waals surface area contributed by atoms with Crippen LogP contribution in [0.1, 0.15) is 112 Å². The van der Waals surface area contributed by atoms with Gasteiger partial charge in [-0.05, 0) is 12.3 Å². The quantitative estimate of drug-likeness (QED) is 0.217. The van der Waals surface area contributed by atoms with Gasteiger partial charge < -0.3 is 11.6 Å². The summed E-state index contributed by atoms with van der Waals surface area (Å²) in [5.74, 6) is -3.41. The Labute approximate surface area is 184 Å². The van der Waals surface area contributed by atoms with Crippen LogP contribution in [-0.2, 0) is 9.59 Å². The Balaban J connectivity index is -0.00000288. The van der Waals surface area contributed by atoms with Crippen LogP contribution in [0.3, 0.4) is 0 Å². The van der Waals surface area contributed by atoms with E-state index in [-0.39, 0.29) is 43.3 Å². The van der Waals surface area contributed by atoms with Crippen molar-refractivity contribution in [3.63, 3.8) is 0 Å². The Bertz CT molecular complexity index is 339. The van der Waals surface area contributed by atoms with Gasteiger partial charge in [-0.2, -0.15) is 0 Å². The molecule has 0 amide bonds. The second-order valence-corrected chi connectivity index (χ2v) is 7.44. The number of hydrogen-bond donors (Lipinski definition) is 2. The molecule has 1 unspecified atom stereocenters. The first-order valence-electron chi connectivity index (χ1n) is 10.5. The summed E-state index contributed by atoms with van der Waals surface area (Å²) < 4.78 is 0. The molecule has 0 aromatic rings. The fraction of sp³-hybridized carbons (Fsp3) is 0.905. The summed E-state index contributed by atoms with van der Waals surface area (Å²) in [6, 6.07) is 0. The Kier molecular flexibility index (Phi) is 21.3. The monoisotopic (exact) mass is 380 g/mol. The van der Waals surface area contributed by atoms with E-state index in [1.807, 2.05) is 0 Å². The predicted octanol–water partition coefficient (Wildman–Crippen LogP) is 3.40. The molecular formula is C21H41NaO4. The number of unbranched alkanes of at least 4 members (excludes halogenated alkanes) is 10. The number of carboxylic acid groups (broad SMARTS) is 2. The first-order valence-corrected chi connectivity index (χ1v) is 10.5. The molecule has 0 saturated carbocycles. The van der Waals surface area contributed by atoms with E-state index in [0.29, 0.717) is 0 Å². The van der Waals surface area contributed by atoms with Gasteiger partial charge >= 0.3 is 41.5 Å². The van der Waals surface area contributed by atoms with Gasteiger partial charge in [-0.3, -0.25) is 9.59 Å². The molecule has 1 atom stereocenters. The van der Waals surface area contributed by atoms with Crippen LogP contribution < -0.4 is 29.6 Å². The fourth-order valence-electron chi connectivity index (χ4n) is 3.43. The molecule has 0 radical (unpaired) electrons. The maximum absolute atomic E-state index is 11.1. The van der Waals surface area contributed by atoms with Crippen molar-refractivity contribution in [3.8, 4) is 0 Å². The van der Waals surface area contributed by atoms with Crippen LogP contribution in [0.25, 0.3) is 0 Å². The molecule has 26 heavy (non-hydrogen) atoms. The number of aliphatic carboxylic acids is 2. The maximum Gasteiger partial charge on any atom is 1.00 e. The van der Waals surface area contributed by atoms with Gasteiger partial charge in [-0.15, -0.1) is 0 Å². The third kappa shape index (κ3) is 16.1.